The van der Waals surface area contributed by atoms with Crippen LogP contribution < -0.4 is 0 Å². The molecule has 4 rings (SSSR count). The summed E-state index contributed by atoms with van der Waals surface area (Å²) in [6, 6.07) is 17.5. The van der Waals surface area contributed by atoms with Crippen LogP contribution in [-0.2, 0) is 0 Å². The zero-order valence-electron chi connectivity index (χ0n) is 10.8. The van der Waals surface area contributed by atoms with Crippen LogP contribution in [0.2, 0.25) is 0 Å². The number of halogens is 1. The van der Waals surface area contributed by atoms with E-state index in [1.54, 1.807) is 4.91 Å². The lowest BCUT2D eigenvalue weighted by molar-refractivity contribution is 1.03. The van der Waals surface area contributed by atoms with Crippen molar-refractivity contribution in [2.24, 2.45) is 0 Å². The van der Waals surface area contributed by atoms with Gasteiger partial charge in [-0.2, -0.15) is 0 Å². The number of allylic oxidation sites excluding steroid dienone is 1. The maximum atomic E-state index is 3.75. The van der Waals surface area contributed by atoms with Crippen LogP contribution in [-0.4, -0.2) is 11.5 Å². The lowest BCUT2D eigenvalue weighted by atomic mass is 9.93. The Morgan fingerprint density at radius 3 is 2.55 bits per heavy atom. The van der Waals surface area contributed by atoms with Gasteiger partial charge in [0.25, 0.3) is 0 Å². The first-order valence-electron chi connectivity index (χ1n) is 6.70. The molecule has 1 heterocycles. The van der Waals surface area contributed by atoms with E-state index in [4.69, 9.17) is 0 Å². The number of hydrogen-bond acceptors (Lipinski definition) is 2. The van der Waals surface area contributed by atoms with E-state index in [0.29, 0.717) is 5.92 Å². The second kappa shape index (κ2) is 5.28. The maximum absolute atomic E-state index is 3.75. The number of rotatable bonds is 1. The SMILES string of the molecule is Brc1cccc2c1C1=C(SCCS1)C2c1ccccc1. The summed E-state index contributed by atoms with van der Waals surface area (Å²) >= 11 is 7.81. The van der Waals surface area contributed by atoms with E-state index < -0.39 is 0 Å². The summed E-state index contributed by atoms with van der Waals surface area (Å²) < 4.78 is 1.23. The van der Waals surface area contributed by atoms with Crippen molar-refractivity contribution in [2.75, 3.05) is 11.5 Å². The minimum absolute atomic E-state index is 0.427. The second-order valence-electron chi connectivity index (χ2n) is 4.94. The predicted molar refractivity (Wildman–Crippen MR) is 94.3 cm³/mol. The molecule has 100 valence electrons. The summed E-state index contributed by atoms with van der Waals surface area (Å²) in [5.41, 5.74) is 4.29. The van der Waals surface area contributed by atoms with Gasteiger partial charge >= 0.3 is 0 Å². The molecule has 0 radical (unpaired) electrons. The average Bonchev–Trinajstić information content (AvgIpc) is 2.84. The molecule has 2 aromatic rings. The molecule has 0 saturated heterocycles. The molecule has 3 heteroatoms. The van der Waals surface area contributed by atoms with Crippen molar-refractivity contribution in [1.82, 2.24) is 0 Å². The molecule has 2 aliphatic rings. The van der Waals surface area contributed by atoms with E-state index in [1.165, 1.54) is 37.6 Å². The topological polar surface area (TPSA) is 0 Å². The Morgan fingerprint density at radius 2 is 1.70 bits per heavy atom. The van der Waals surface area contributed by atoms with Crippen LogP contribution in [0.5, 0.6) is 0 Å². The van der Waals surface area contributed by atoms with Crippen molar-refractivity contribution < 1.29 is 0 Å². The van der Waals surface area contributed by atoms with E-state index in [0.717, 1.165) is 0 Å². The maximum Gasteiger partial charge on any atom is 0.0417 e. The van der Waals surface area contributed by atoms with Gasteiger partial charge < -0.3 is 0 Å². The second-order valence-corrected chi connectivity index (χ2v) is 8.03. The highest BCUT2D eigenvalue weighted by Crippen LogP contribution is 2.57. The predicted octanol–water partition coefficient (Wildman–Crippen LogP) is 5.74. The molecule has 0 nitrogen and oxygen atoms in total. The number of fused-ring (bicyclic) bond motifs is 2. The number of hydrogen-bond donors (Lipinski definition) is 0. The Morgan fingerprint density at radius 1 is 0.900 bits per heavy atom. The minimum Gasteiger partial charge on any atom is -0.128 e. The third-order valence-corrected chi connectivity index (χ3v) is 7.12. The molecule has 0 bridgehead atoms. The molecule has 0 aromatic heterocycles. The fourth-order valence-electron chi connectivity index (χ4n) is 2.98. The van der Waals surface area contributed by atoms with Gasteiger partial charge in [0.15, 0.2) is 0 Å². The average molecular weight is 361 g/mol. The first-order chi connectivity index (χ1) is 9.86. The molecule has 1 aliphatic heterocycles. The third kappa shape index (κ3) is 1.99. The zero-order valence-corrected chi connectivity index (χ0v) is 14.0. The van der Waals surface area contributed by atoms with Crippen molar-refractivity contribution in [3.05, 3.63) is 74.6 Å². The summed E-state index contributed by atoms with van der Waals surface area (Å²) in [6.45, 7) is 0. The molecule has 0 N–H and O–H groups in total. The summed E-state index contributed by atoms with van der Waals surface area (Å²) in [5, 5.41) is 0. The Labute approximate surface area is 136 Å². The summed E-state index contributed by atoms with van der Waals surface area (Å²) in [4.78, 5) is 3.05. The summed E-state index contributed by atoms with van der Waals surface area (Å²) in [7, 11) is 0. The quantitative estimate of drug-likeness (QED) is 0.635. The van der Waals surface area contributed by atoms with Gasteiger partial charge in [-0.3, -0.25) is 0 Å². The molecule has 1 atom stereocenters. The van der Waals surface area contributed by atoms with Gasteiger partial charge in [-0.25, -0.2) is 0 Å². The van der Waals surface area contributed by atoms with Crippen LogP contribution >= 0.6 is 39.5 Å². The van der Waals surface area contributed by atoms with Crippen LogP contribution in [0.25, 0.3) is 4.91 Å². The van der Waals surface area contributed by atoms with Gasteiger partial charge in [-0.1, -0.05) is 58.4 Å². The standard InChI is InChI=1S/C17H13BrS2/c18-13-8-4-7-12-14(11-5-2-1-3-6-11)16-17(15(12)13)20-10-9-19-16/h1-8,14H,9-10H2. The van der Waals surface area contributed by atoms with E-state index in [1.807, 2.05) is 23.5 Å². The fourth-order valence-corrected chi connectivity index (χ4v) is 6.43. The van der Waals surface area contributed by atoms with E-state index in [9.17, 15) is 0 Å². The molecule has 0 spiro atoms. The monoisotopic (exact) mass is 360 g/mol. The Balaban J connectivity index is 1.96. The van der Waals surface area contributed by atoms with Crippen LogP contribution in [0.3, 0.4) is 0 Å². The van der Waals surface area contributed by atoms with Crippen LogP contribution in [0, 0.1) is 0 Å². The van der Waals surface area contributed by atoms with Gasteiger partial charge in [-0.05, 0) is 17.2 Å². The van der Waals surface area contributed by atoms with Crippen molar-refractivity contribution in [1.29, 1.82) is 0 Å². The van der Waals surface area contributed by atoms with E-state index >= 15 is 0 Å². The third-order valence-electron chi connectivity index (χ3n) is 3.79. The smallest absolute Gasteiger partial charge is 0.0417 e. The molecule has 1 unspecified atom stereocenters. The highest BCUT2D eigenvalue weighted by atomic mass is 79.9. The van der Waals surface area contributed by atoms with Crippen molar-refractivity contribution in [3.8, 4) is 0 Å². The number of thioether (sulfide) groups is 2. The molecule has 2 aromatic carbocycles. The number of benzene rings is 2. The fraction of sp³-hybridized carbons (Fsp3) is 0.176. The molecule has 1 aliphatic carbocycles. The Hall–Kier alpha value is -0.640. The molecule has 20 heavy (non-hydrogen) atoms. The van der Waals surface area contributed by atoms with Gasteiger partial charge in [-0.15, -0.1) is 23.5 Å². The molecule has 0 fully saturated rings. The van der Waals surface area contributed by atoms with Crippen molar-refractivity contribution >= 4 is 44.4 Å². The van der Waals surface area contributed by atoms with Crippen LogP contribution in [0.4, 0.5) is 0 Å². The van der Waals surface area contributed by atoms with Crippen molar-refractivity contribution in [2.45, 2.75) is 5.92 Å². The molecular formula is C17H13BrS2. The molecule has 0 amide bonds. The normalized spacial score (nSPS) is 20.8. The zero-order chi connectivity index (χ0) is 13.5. The lowest BCUT2D eigenvalue weighted by Gasteiger charge is -2.19. The minimum atomic E-state index is 0.427. The van der Waals surface area contributed by atoms with Gasteiger partial charge in [0.05, 0.1) is 0 Å². The highest BCUT2D eigenvalue weighted by molar-refractivity contribution is 9.10. The van der Waals surface area contributed by atoms with Crippen LogP contribution in [0.15, 0.2) is 57.9 Å². The Kier molecular flexibility index (Phi) is 3.45. The van der Waals surface area contributed by atoms with Gasteiger partial charge in [0.1, 0.15) is 0 Å². The van der Waals surface area contributed by atoms with Crippen molar-refractivity contribution in [3.63, 3.8) is 0 Å². The van der Waals surface area contributed by atoms with Gasteiger partial charge in [0, 0.05) is 37.3 Å². The first kappa shape index (κ1) is 13.1. The molecular weight excluding hydrogens is 348 g/mol. The largest absolute Gasteiger partial charge is 0.128 e. The molecule has 0 saturated carbocycles. The summed E-state index contributed by atoms with van der Waals surface area (Å²) in [6.07, 6.45) is 0. The van der Waals surface area contributed by atoms with E-state index in [2.05, 4.69) is 64.5 Å². The van der Waals surface area contributed by atoms with E-state index in [-0.39, 0.29) is 0 Å². The first-order valence-corrected chi connectivity index (χ1v) is 9.46. The highest BCUT2D eigenvalue weighted by Gasteiger charge is 2.35. The lowest BCUT2D eigenvalue weighted by Crippen LogP contribution is -2.01. The van der Waals surface area contributed by atoms with Gasteiger partial charge in [0.2, 0.25) is 0 Å². The summed E-state index contributed by atoms with van der Waals surface area (Å²) in [5.74, 6) is 2.86. The van der Waals surface area contributed by atoms with Crippen LogP contribution in [0.1, 0.15) is 22.6 Å². The Bertz CT molecular complexity index is 691.